The van der Waals surface area contributed by atoms with E-state index in [1.165, 1.54) is 24.0 Å². The molecule has 1 aliphatic rings. The van der Waals surface area contributed by atoms with Crippen molar-refractivity contribution in [1.29, 1.82) is 0 Å². The highest BCUT2D eigenvalue weighted by atomic mass is 127. The minimum Gasteiger partial charge on any atom is -0.370 e. The summed E-state index contributed by atoms with van der Waals surface area (Å²) in [5.41, 5.74) is 13.3. The van der Waals surface area contributed by atoms with Crippen molar-refractivity contribution >= 4 is 35.6 Å². The molecule has 130 valence electrons. The summed E-state index contributed by atoms with van der Waals surface area (Å²) in [5, 5.41) is 7.70. The molecule has 0 spiro atoms. The maximum Gasteiger partial charge on any atom is 0.193 e. The molecule has 0 fully saturated rings. The molecule has 0 unspecified atom stereocenters. The van der Waals surface area contributed by atoms with Crippen molar-refractivity contribution in [2.75, 3.05) is 5.32 Å². The standard InChI is InChI=1S/C18H25N5.HI/c1-12-16(13(2)23(3)22-12)11-20-18(19)21-17-10-6-8-14-7-4-5-9-15(14)17;/h6,8,10H,4-5,7,9,11H2,1-3H3,(H3,19,20,21);1H. The number of aromatic nitrogens is 2. The van der Waals surface area contributed by atoms with Gasteiger partial charge in [0.05, 0.1) is 12.2 Å². The third-order valence-corrected chi connectivity index (χ3v) is 4.73. The van der Waals surface area contributed by atoms with E-state index in [1.807, 2.05) is 18.7 Å². The van der Waals surface area contributed by atoms with E-state index in [0.29, 0.717) is 12.5 Å². The Morgan fingerprint density at radius 1 is 1.29 bits per heavy atom. The van der Waals surface area contributed by atoms with Crippen LogP contribution in [0.1, 0.15) is 40.9 Å². The molecular weight excluding hydrogens is 413 g/mol. The largest absolute Gasteiger partial charge is 0.370 e. The Morgan fingerprint density at radius 2 is 2.04 bits per heavy atom. The number of rotatable bonds is 3. The number of hydrogen-bond donors (Lipinski definition) is 2. The second kappa shape index (κ2) is 8.00. The Hall–Kier alpha value is -1.57. The van der Waals surface area contributed by atoms with Gasteiger partial charge in [-0.3, -0.25) is 4.68 Å². The molecule has 3 rings (SSSR count). The molecule has 6 heteroatoms. The van der Waals surface area contributed by atoms with Gasteiger partial charge in [0.25, 0.3) is 0 Å². The zero-order valence-corrected chi connectivity index (χ0v) is 16.9. The molecule has 0 bridgehead atoms. The van der Waals surface area contributed by atoms with Crippen molar-refractivity contribution in [3.8, 4) is 0 Å². The van der Waals surface area contributed by atoms with Gasteiger partial charge in [-0.05, 0) is 56.7 Å². The Balaban J connectivity index is 0.00000208. The van der Waals surface area contributed by atoms with Crippen LogP contribution in [-0.2, 0) is 26.4 Å². The molecule has 1 aromatic heterocycles. The summed E-state index contributed by atoms with van der Waals surface area (Å²) >= 11 is 0. The van der Waals surface area contributed by atoms with Crippen LogP contribution in [0.25, 0.3) is 0 Å². The second-order valence-corrected chi connectivity index (χ2v) is 6.25. The zero-order valence-electron chi connectivity index (χ0n) is 14.6. The van der Waals surface area contributed by atoms with Gasteiger partial charge in [-0.2, -0.15) is 5.10 Å². The summed E-state index contributed by atoms with van der Waals surface area (Å²) < 4.78 is 1.89. The normalized spacial score (nSPS) is 14.0. The Kier molecular flexibility index (Phi) is 6.26. The number of guanidine groups is 1. The van der Waals surface area contributed by atoms with Gasteiger partial charge in [-0.25, -0.2) is 4.99 Å². The van der Waals surface area contributed by atoms with Crippen LogP contribution in [0, 0.1) is 13.8 Å². The van der Waals surface area contributed by atoms with Crippen LogP contribution in [0.15, 0.2) is 23.2 Å². The summed E-state index contributed by atoms with van der Waals surface area (Å²) in [6, 6.07) is 6.40. The monoisotopic (exact) mass is 439 g/mol. The lowest BCUT2D eigenvalue weighted by Gasteiger charge is -2.19. The van der Waals surface area contributed by atoms with Crippen molar-refractivity contribution in [2.24, 2.45) is 17.8 Å². The topological polar surface area (TPSA) is 68.2 Å². The van der Waals surface area contributed by atoms with E-state index in [1.54, 1.807) is 0 Å². The fraction of sp³-hybridized carbons (Fsp3) is 0.444. The quantitative estimate of drug-likeness (QED) is 0.437. The molecule has 1 heterocycles. The molecule has 3 N–H and O–H groups in total. The minimum absolute atomic E-state index is 0. The maximum absolute atomic E-state index is 6.11. The van der Waals surface area contributed by atoms with Gasteiger partial charge >= 0.3 is 0 Å². The molecule has 1 aromatic carbocycles. The summed E-state index contributed by atoms with van der Waals surface area (Å²) in [6.07, 6.45) is 4.80. The molecule has 24 heavy (non-hydrogen) atoms. The van der Waals surface area contributed by atoms with E-state index >= 15 is 0 Å². The van der Waals surface area contributed by atoms with E-state index in [-0.39, 0.29) is 24.0 Å². The molecule has 1 aliphatic carbocycles. The number of aryl methyl sites for hydroxylation is 3. The van der Waals surface area contributed by atoms with Crippen LogP contribution in [0.2, 0.25) is 0 Å². The molecule has 0 amide bonds. The second-order valence-electron chi connectivity index (χ2n) is 6.25. The van der Waals surface area contributed by atoms with Crippen molar-refractivity contribution in [1.82, 2.24) is 9.78 Å². The number of halogens is 1. The maximum atomic E-state index is 6.11. The number of anilines is 1. The Labute approximate surface area is 160 Å². The molecule has 5 nitrogen and oxygen atoms in total. The molecular formula is C18H26IN5. The van der Waals surface area contributed by atoms with E-state index < -0.39 is 0 Å². The highest BCUT2D eigenvalue weighted by molar-refractivity contribution is 14.0. The first kappa shape index (κ1) is 18.8. The van der Waals surface area contributed by atoms with E-state index in [9.17, 15) is 0 Å². The summed E-state index contributed by atoms with van der Waals surface area (Å²) in [7, 11) is 1.95. The zero-order chi connectivity index (χ0) is 16.4. The highest BCUT2D eigenvalue weighted by Gasteiger charge is 2.13. The average molecular weight is 439 g/mol. The van der Waals surface area contributed by atoms with Gasteiger partial charge in [-0.15, -0.1) is 24.0 Å². The van der Waals surface area contributed by atoms with Gasteiger partial charge in [0.15, 0.2) is 5.96 Å². The number of nitrogens with two attached hydrogens (primary N) is 1. The molecule has 0 saturated carbocycles. The Bertz CT molecular complexity index is 748. The van der Waals surface area contributed by atoms with Crippen molar-refractivity contribution in [2.45, 2.75) is 46.1 Å². The van der Waals surface area contributed by atoms with Crippen molar-refractivity contribution < 1.29 is 0 Å². The smallest absolute Gasteiger partial charge is 0.193 e. The number of benzene rings is 1. The molecule has 0 radical (unpaired) electrons. The van der Waals surface area contributed by atoms with Crippen LogP contribution in [0.5, 0.6) is 0 Å². The molecule has 0 saturated heterocycles. The first-order valence-electron chi connectivity index (χ1n) is 8.23. The fourth-order valence-corrected chi connectivity index (χ4v) is 3.29. The third kappa shape index (κ3) is 3.91. The lowest BCUT2D eigenvalue weighted by Crippen LogP contribution is -2.24. The predicted molar refractivity (Wildman–Crippen MR) is 110 cm³/mol. The van der Waals surface area contributed by atoms with E-state index in [2.05, 4.69) is 40.5 Å². The van der Waals surface area contributed by atoms with Crippen LogP contribution >= 0.6 is 24.0 Å². The van der Waals surface area contributed by atoms with Gasteiger partial charge in [0.2, 0.25) is 0 Å². The number of nitrogens with zero attached hydrogens (tertiary/aromatic N) is 3. The number of hydrogen-bond acceptors (Lipinski definition) is 2. The number of fused-ring (bicyclic) bond motifs is 1. The summed E-state index contributed by atoms with van der Waals surface area (Å²) in [6.45, 7) is 4.62. The average Bonchev–Trinajstić information content (AvgIpc) is 2.78. The number of nitrogens with one attached hydrogen (secondary N) is 1. The van der Waals surface area contributed by atoms with Gasteiger partial charge in [0.1, 0.15) is 0 Å². The van der Waals surface area contributed by atoms with E-state index in [4.69, 9.17) is 5.73 Å². The van der Waals surface area contributed by atoms with E-state index in [0.717, 1.165) is 35.5 Å². The minimum atomic E-state index is 0. The highest BCUT2D eigenvalue weighted by Crippen LogP contribution is 2.27. The van der Waals surface area contributed by atoms with Gasteiger partial charge in [0, 0.05) is 24.0 Å². The first-order valence-corrected chi connectivity index (χ1v) is 8.23. The fourth-order valence-electron chi connectivity index (χ4n) is 3.29. The van der Waals surface area contributed by atoms with Gasteiger partial charge in [-0.1, -0.05) is 12.1 Å². The lowest BCUT2D eigenvalue weighted by molar-refractivity contribution is 0.687. The number of aliphatic imine (C=N–C) groups is 1. The summed E-state index contributed by atoms with van der Waals surface area (Å²) in [4.78, 5) is 4.50. The van der Waals surface area contributed by atoms with Gasteiger partial charge < -0.3 is 11.1 Å². The molecule has 0 atom stereocenters. The Morgan fingerprint density at radius 3 is 2.75 bits per heavy atom. The van der Waals surface area contributed by atoms with Crippen LogP contribution in [0.3, 0.4) is 0 Å². The third-order valence-electron chi connectivity index (χ3n) is 4.73. The van der Waals surface area contributed by atoms with Crippen LogP contribution in [0.4, 0.5) is 5.69 Å². The van der Waals surface area contributed by atoms with Crippen LogP contribution < -0.4 is 11.1 Å². The van der Waals surface area contributed by atoms with Crippen molar-refractivity contribution in [3.05, 3.63) is 46.3 Å². The predicted octanol–water partition coefficient (Wildman–Crippen LogP) is 3.46. The molecule has 2 aromatic rings. The first-order chi connectivity index (χ1) is 11.1. The summed E-state index contributed by atoms with van der Waals surface area (Å²) in [5.74, 6) is 0.464. The lowest BCUT2D eigenvalue weighted by atomic mass is 9.90. The SMILES string of the molecule is Cc1nn(C)c(C)c1CN=C(N)Nc1cccc2c1CCCC2.I. The van der Waals surface area contributed by atoms with Crippen molar-refractivity contribution in [3.63, 3.8) is 0 Å². The molecule has 0 aliphatic heterocycles. The van der Waals surface area contributed by atoms with Crippen LogP contribution in [-0.4, -0.2) is 15.7 Å².